The van der Waals surface area contributed by atoms with Crippen LogP contribution in [0, 0.1) is 23.1 Å². The van der Waals surface area contributed by atoms with Gasteiger partial charge in [-0.05, 0) is 90.0 Å². The van der Waals surface area contributed by atoms with E-state index in [1.165, 1.54) is 24.3 Å². The summed E-state index contributed by atoms with van der Waals surface area (Å²) in [4.78, 5) is 13.7. The van der Waals surface area contributed by atoms with Crippen LogP contribution in [0.2, 0.25) is 0 Å². The van der Waals surface area contributed by atoms with Crippen molar-refractivity contribution in [3.05, 3.63) is 114 Å². The summed E-state index contributed by atoms with van der Waals surface area (Å²) in [7, 11) is -8.08. The number of anilines is 1. The molecule has 0 spiro atoms. The molecule has 262 valence electrons. The van der Waals surface area contributed by atoms with Crippen molar-refractivity contribution in [1.29, 1.82) is 5.26 Å². The Morgan fingerprint density at radius 2 is 1.52 bits per heavy atom. The van der Waals surface area contributed by atoms with E-state index in [1.807, 2.05) is 0 Å². The maximum absolute atomic E-state index is 13.9. The Labute approximate surface area is 285 Å². The predicted molar refractivity (Wildman–Crippen MR) is 175 cm³/mol. The molecule has 4 aromatic rings. The van der Waals surface area contributed by atoms with Crippen LogP contribution in [0.25, 0.3) is 11.1 Å². The minimum Gasteiger partial charge on any atom is -0.379 e. The molecule has 0 bridgehead atoms. The maximum atomic E-state index is 13.9. The van der Waals surface area contributed by atoms with Gasteiger partial charge in [0.05, 0.1) is 27.0 Å². The molecule has 10 nitrogen and oxygen atoms in total. The van der Waals surface area contributed by atoms with Gasteiger partial charge in [0.1, 0.15) is 11.4 Å². The van der Waals surface area contributed by atoms with Crippen LogP contribution in [-0.4, -0.2) is 50.8 Å². The monoisotopic (exact) mass is 730 g/mol. The lowest BCUT2D eigenvalue weighted by molar-refractivity contribution is -0.142. The van der Waals surface area contributed by atoms with E-state index in [1.54, 1.807) is 30.3 Å². The summed E-state index contributed by atoms with van der Waals surface area (Å²) in [5.74, 6) is -2.57. The number of aliphatic hydroxyl groups is 1. The van der Waals surface area contributed by atoms with Crippen LogP contribution in [-0.2, 0) is 37.4 Å². The number of piperidine rings is 1. The standard InChI is InChI=1S/C34H30F4N4O6S2/c35-27-8-11-29(12-9-27)50(47,48)42-15-13-26(14-16-42)33(44,32(43)41-28-10-7-25(21-39)31(19-28)34(36,37)38)20-22-3-1-4-23(17-22)24-5-2-6-30(18-24)49(40,45)46/h1-12,17-19,26,44H,13-16,20H2,(H,41,43)(H2,40,45,46). The van der Waals surface area contributed by atoms with Gasteiger partial charge >= 0.3 is 6.18 Å². The number of carbonyl (C=O) groups excluding carboxylic acids is 1. The quantitative estimate of drug-likeness (QED) is 0.203. The van der Waals surface area contributed by atoms with Crippen molar-refractivity contribution in [2.75, 3.05) is 18.4 Å². The molecule has 1 atom stereocenters. The smallest absolute Gasteiger partial charge is 0.379 e. The Morgan fingerprint density at radius 3 is 2.12 bits per heavy atom. The highest BCUT2D eigenvalue weighted by Crippen LogP contribution is 2.37. The molecule has 1 unspecified atom stereocenters. The van der Waals surface area contributed by atoms with Crippen molar-refractivity contribution < 1.29 is 44.3 Å². The van der Waals surface area contributed by atoms with Crippen molar-refractivity contribution in [1.82, 2.24) is 4.31 Å². The van der Waals surface area contributed by atoms with Crippen LogP contribution in [0.4, 0.5) is 23.2 Å². The van der Waals surface area contributed by atoms with E-state index in [0.29, 0.717) is 22.8 Å². The van der Waals surface area contributed by atoms with E-state index >= 15 is 0 Å². The van der Waals surface area contributed by atoms with E-state index in [0.717, 1.165) is 40.7 Å². The normalized spacial score (nSPS) is 15.9. The first-order valence-electron chi connectivity index (χ1n) is 15.0. The van der Waals surface area contributed by atoms with Crippen LogP contribution < -0.4 is 10.5 Å². The van der Waals surface area contributed by atoms with Gasteiger partial charge in [0.2, 0.25) is 20.0 Å². The minimum atomic E-state index is -4.91. The minimum absolute atomic E-state index is 0.0262. The highest BCUT2D eigenvalue weighted by Gasteiger charge is 2.46. The third-order valence-electron chi connectivity index (χ3n) is 8.57. The first kappa shape index (κ1) is 36.6. The van der Waals surface area contributed by atoms with Crippen molar-refractivity contribution in [3.8, 4) is 17.2 Å². The molecular weight excluding hydrogens is 701 g/mol. The largest absolute Gasteiger partial charge is 0.417 e. The van der Waals surface area contributed by atoms with Crippen LogP contribution in [0.1, 0.15) is 29.5 Å². The van der Waals surface area contributed by atoms with Crippen molar-refractivity contribution in [2.45, 2.75) is 40.8 Å². The summed E-state index contributed by atoms with van der Waals surface area (Å²) < 4.78 is 106. The second kappa shape index (κ2) is 13.9. The molecule has 1 aliphatic heterocycles. The zero-order valence-electron chi connectivity index (χ0n) is 26.1. The molecule has 1 saturated heterocycles. The van der Waals surface area contributed by atoms with Gasteiger partial charge in [-0.25, -0.2) is 26.4 Å². The third kappa shape index (κ3) is 7.87. The second-order valence-electron chi connectivity index (χ2n) is 11.8. The molecule has 0 aliphatic carbocycles. The number of nitrogens with one attached hydrogen (secondary N) is 1. The number of hydrogen-bond acceptors (Lipinski definition) is 7. The van der Waals surface area contributed by atoms with Crippen LogP contribution in [0.3, 0.4) is 0 Å². The molecule has 1 fully saturated rings. The second-order valence-corrected chi connectivity index (χ2v) is 15.3. The van der Waals surface area contributed by atoms with E-state index in [-0.39, 0.29) is 47.8 Å². The maximum Gasteiger partial charge on any atom is 0.417 e. The SMILES string of the molecule is N#Cc1ccc(NC(=O)C(O)(Cc2cccc(-c3cccc(S(N)(=O)=O)c3)c2)C2CCN(S(=O)(=O)c3ccc(F)cc3)CC2)cc1C(F)(F)F. The number of sulfonamides is 2. The Balaban J connectivity index is 1.48. The molecule has 5 rings (SSSR count). The number of rotatable bonds is 9. The number of amides is 1. The van der Waals surface area contributed by atoms with Gasteiger partial charge in [-0.3, -0.25) is 4.79 Å². The number of nitriles is 1. The van der Waals surface area contributed by atoms with E-state index in [4.69, 9.17) is 10.4 Å². The fraction of sp³-hybridized carbons (Fsp3) is 0.235. The summed E-state index contributed by atoms with van der Waals surface area (Å²) in [5.41, 5.74) is -3.19. The Morgan fingerprint density at radius 1 is 0.900 bits per heavy atom. The summed E-state index contributed by atoms with van der Waals surface area (Å²) in [6, 6.07) is 20.6. The fourth-order valence-electron chi connectivity index (χ4n) is 5.96. The van der Waals surface area contributed by atoms with Gasteiger partial charge in [-0.15, -0.1) is 0 Å². The summed E-state index contributed by atoms with van der Waals surface area (Å²) in [5, 5.41) is 29.0. The first-order chi connectivity index (χ1) is 23.4. The fourth-order valence-corrected chi connectivity index (χ4v) is 7.99. The number of benzene rings is 4. The van der Waals surface area contributed by atoms with Crippen LogP contribution in [0.15, 0.2) is 101 Å². The topological polar surface area (TPSA) is 171 Å². The summed E-state index contributed by atoms with van der Waals surface area (Å²) >= 11 is 0. The Kier molecular flexibility index (Phi) is 10.2. The summed E-state index contributed by atoms with van der Waals surface area (Å²) in [6.07, 6.45) is -5.32. The van der Waals surface area contributed by atoms with Gasteiger partial charge in [0.25, 0.3) is 5.91 Å². The average Bonchev–Trinajstić information content (AvgIpc) is 3.08. The van der Waals surface area contributed by atoms with Crippen LogP contribution in [0.5, 0.6) is 0 Å². The van der Waals surface area contributed by atoms with E-state index < -0.39 is 60.6 Å². The molecule has 0 aromatic heterocycles. The third-order valence-corrected chi connectivity index (χ3v) is 11.4. The average molecular weight is 731 g/mol. The number of nitrogens with zero attached hydrogens (tertiary/aromatic N) is 2. The highest BCUT2D eigenvalue weighted by atomic mass is 32.2. The van der Waals surface area contributed by atoms with Crippen molar-refractivity contribution >= 4 is 31.6 Å². The summed E-state index contributed by atoms with van der Waals surface area (Å²) in [6.45, 7) is -0.259. The number of alkyl halides is 3. The lowest BCUT2D eigenvalue weighted by atomic mass is 9.76. The molecule has 1 heterocycles. The van der Waals surface area contributed by atoms with Gasteiger partial charge in [-0.1, -0.05) is 36.4 Å². The highest BCUT2D eigenvalue weighted by molar-refractivity contribution is 7.89. The molecule has 1 aliphatic rings. The molecule has 0 saturated carbocycles. The predicted octanol–water partition coefficient (Wildman–Crippen LogP) is 5.04. The zero-order valence-corrected chi connectivity index (χ0v) is 27.7. The number of nitrogens with two attached hydrogens (primary N) is 1. The Hall–Kier alpha value is -4.66. The van der Waals surface area contributed by atoms with E-state index in [9.17, 15) is 44.3 Å². The molecule has 16 heteroatoms. The number of primary sulfonamides is 1. The molecule has 4 aromatic carbocycles. The van der Waals surface area contributed by atoms with Crippen molar-refractivity contribution in [2.24, 2.45) is 11.1 Å². The van der Waals surface area contributed by atoms with Crippen LogP contribution >= 0.6 is 0 Å². The lowest BCUT2D eigenvalue weighted by Crippen LogP contribution is -2.54. The van der Waals surface area contributed by atoms with Gasteiger partial charge in [0.15, 0.2) is 0 Å². The van der Waals surface area contributed by atoms with Crippen molar-refractivity contribution in [3.63, 3.8) is 0 Å². The molecule has 4 N–H and O–H groups in total. The Bertz CT molecular complexity index is 2180. The number of hydrogen-bond donors (Lipinski definition) is 3. The molecular formula is C34H30F4N4O6S2. The molecule has 50 heavy (non-hydrogen) atoms. The lowest BCUT2D eigenvalue weighted by Gasteiger charge is -2.40. The van der Waals surface area contributed by atoms with Gasteiger partial charge in [-0.2, -0.15) is 22.7 Å². The zero-order chi connectivity index (χ0) is 36.5. The molecule has 0 radical (unpaired) electrons. The molecule has 1 amide bonds. The number of halogens is 4. The van der Waals surface area contributed by atoms with E-state index in [2.05, 4.69) is 5.32 Å². The number of carbonyl (C=O) groups is 1. The van der Waals surface area contributed by atoms with Gasteiger partial charge in [0, 0.05) is 25.2 Å². The first-order valence-corrected chi connectivity index (χ1v) is 18.0. The van der Waals surface area contributed by atoms with Gasteiger partial charge < -0.3 is 10.4 Å².